The minimum atomic E-state index is -2.90. The Morgan fingerprint density at radius 1 is 1.21 bits per heavy atom. The van der Waals surface area contributed by atoms with Gasteiger partial charge < -0.3 is 21.7 Å². The van der Waals surface area contributed by atoms with Crippen LogP contribution in [0.3, 0.4) is 0 Å². The zero-order valence-electron chi connectivity index (χ0n) is 12.8. The summed E-state index contributed by atoms with van der Waals surface area (Å²) in [6, 6.07) is 7.38. The Balaban J connectivity index is 1.73. The third-order valence-electron chi connectivity index (χ3n) is 3.88. The molecule has 1 saturated heterocycles. The second-order valence-electron chi connectivity index (χ2n) is 5.54. The normalized spacial score (nSPS) is 16.8. The molecule has 0 spiro atoms. The smallest absolute Gasteiger partial charge is 0.256 e. The van der Waals surface area contributed by atoms with E-state index in [1.54, 1.807) is 0 Å². The minimum Gasteiger partial charge on any atom is -0.383 e. The van der Waals surface area contributed by atoms with E-state index in [0.717, 1.165) is 5.69 Å². The average molecular weight is 350 g/mol. The van der Waals surface area contributed by atoms with Crippen molar-refractivity contribution < 1.29 is 13.2 Å². The monoisotopic (exact) mass is 350 g/mol. The SMILES string of the molecule is NC(=O)c1c(Nc2ccc(N3CCS(=O)(=O)CC3)cc2)n[nH]c1N. The molecule has 6 N–H and O–H groups in total. The van der Waals surface area contributed by atoms with Gasteiger partial charge >= 0.3 is 0 Å². The first kappa shape index (κ1) is 16.1. The molecule has 0 unspecified atom stereocenters. The number of nitrogen functional groups attached to an aromatic ring is 1. The van der Waals surface area contributed by atoms with Crippen LogP contribution in [0.1, 0.15) is 10.4 Å². The van der Waals surface area contributed by atoms with Crippen LogP contribution in [0.15, 0.2) is 24.3 Å². The summed E-state index contributed by atoms with van der Waals surface area (Å²) in [5, 5.41) is 9.41. The van der Waals surface area contributed by atoms with E-state index in [1.807, 2.05) is 29.2 Å². The van der Waals surface area contributed by atoms with Crippen molar-refractivity contribution in [2.75, 3.05) is 40.5 Å². The third kappa shape index (κ3) is 3.27. The fourth-order valence-corrected chi connectivity index (χ4v) is 3.76. The molecule has 0 radical (unpaired) electrons. The van der Waals surface area contributed by atoms with E-state index < -0.39 is 15.7 Å². The highest BCUT2D eigenvalue weighted by molar-refractivity contribution is 7.91. The molecule has 0 aliphatic carbocycles. The molecule has 1 fully saturated rings. The second kappa shape index (κ2) is 6.04. The zero-order valence-corrected chi connectivity index (χ0v) is 13.6. The number of benzene rings is 1. The molecule has 9 nitrogen and oxygen atoms in total. The first-order valence-corrected chi connectivity index (χ1v) is 9.14. The summed E-state index contributed by atoms with van der Waals surface area (Å²) in [5.41, 5.74) is 12.7. The van der Waals surface area contributed by atoms with E-state index in [2.05, 4.69) is 15.5 Å². The van der Waals surface area contributed by atoms with E-state index in [4.69, 9.17) is 11.5 Å². The van der Waals surface area contributed by atoms with Gasteiger partial charge in [0.2, 0.25) is 0 Å². The number of rotatable bonds is 4. The highest BCUT2D eigenvalue weighted by Gasteiger charge is 2.22. The predicted molar refractivity (Wildman–Crippen MR) is 92.1 cm³/mol. The van der Waals surface area contributed by atoms with Crippen LogP contribution in [0, 0.1) is 0 Å². The lowest BCUT2D eigenvalue weighted by atomic mass is 10.2. The number of aromatic nitrogens is 2. The number of amides is 1. The molecule has 3 rings (SSSR count). The van der Waals surface area contributed by atoms with Gasteiger partial charge in [0.15, 0.2) is 15.7 Å². The van der Waals surface area contributed by atoms with Crippen LogP contribution < -0.4 is 21.7 Å². The average Bonchev–Trinajstić information content (AvgIpc) is 2.89. The molecule has 128 valence electrons. The fraction of sp³-hybridized carbons (Fsp3) is 0.286. The van der Waals surface area contributed by atoms with Gasteiger partial charge in [-0.25, -0.2) is 8.42 Å². The van der Waals surface area contributed by atoms with Crippen LogP contribution in [0.5, 0.6) is 0 Å². The number of primary amides is 1. The molecule has 10 heteroatoms. The molecular weight excluding hydrogens is 332 g/mol. The summed E-state index contributed by atoms with van der Waals surface area (Å²) in [6.45, 7) is 0.966. The number of hydrogen-bond donors (Lipinski definition) is 4. The number of hydrogen-bond acceptors (Lipinski definition) is 7. The number of sulfone groups is 1. The number of H-pyrrole nitrogens is 1. The molecule has 1 amide bonds. The summed E-state index contributed by atoms with van der Waals surface area (Å²) >= 11 is 0. The number of carbonyl (C=O) groups is 1. The van der Waals surface area contributed by atoms with E-state index in [0.29, 0.717) is 18.8 Å². The Hall–Kier alpha value is -2.75. The summed E-state index contributed by atoms with van der Waals surface area (Å²) in [7, 11) is -2.90. The summed E-state index contributed by atoms with van der Waals surface area (Å²) in [6.07, 6.45) is 0. The van der Waals surface area contributed by atoms with Gasteiger partial charge in [0.05, 0.1) is 11.5 Å². The molecule has 1 aliphatic rings. The number of carbonyl (C=O) groups excluding carboxylic acids is 1. The molecular formula is C14H18N6O3S. The van der Waals surface area contributed by atoms with Crippen LogP contribution in [-0.2, 0) is 9.84 Å². The van der Waals surface area contributed by atoms with Gasteiger partial charge in [0.1, 0.15) is 11.4 Å². The van der Waals surface area contributed by atoms with Gasteiger partial charge in [0.25, 0.3) is 5.91 Å². The topological polar surface area (TPSA) is 147 Å². The van der Waals surface area contributed by atoms with Crippen molar-refractivity contribution in [3.05, 3.63) is 29.8 Å². The highest BCUT2D eigenvalue weighted by atomic mass is 32.2. The van der Waals surface area contributed by atoms with Crippen molar-refractivity contribution >= 4 is 38.8 Å². The van der Waals surface area contributed by atoms with Crippen LogP contribution in [0.2, 0.25) is 0 Å². The van der Waals surface area contributed by atoms with Gasteiger partial charge in [-0.3, -0.25) is 9.89 Å². The molecule has 0 bridgehead atoms. The van der Waals surface area contributed by atoms with Gasteiger partial charge in [-0.1, -0.05) is 0 Å². The second-order valence-corrected chi connectivity index (χ2v) is 7.84. The lowest BCUT2D eigenvalue weighted by Gasteiger charge is -2.28. The van der Waals surface area contributed by atoms with Crippen molar-refractivity contribution in [2.24, 2.45) is 5.73 Å². The third-order valence-corrected chi connectivity index (χ3v) is 5.49. The van der Waals surface area contributed by atoms with E-state index in [1.165, 1.54) is 0 Å². The Kier molecular flexibility index (Phi) is 4.06. The predicted octanol–water partition coefficient (Wildman–Crippen LogP) is 0.0692. The highest BCUT2D eigenvalue weighted by Crippen LogP contribution is 2.25. The van der Waals surface area contributed by atoms with Gasteiger partial charge in [-0.05, 0) is 24.3 Å². The number of nitrogens with one attached hydrogen (secondary N) is 2. The Morgan fingerprint density at radius 2 is 1.83 bits per heavy atom. The van der Waals surface area contributed by atoms with Crippen molar-refractivity contribution in [3.8, 4) is 0 Å². The lowest BCUT2D eigenvalue weighted by molar-refractivity contribution is 0.100. The maximum atomic E-state index is 11.5. The standard InChI is InChI=1S/C14H18N6O3S/c15-12-11(13(16)21)14(19-18-12)17-9-1-3-10(4-2-9)20-5-7-24(22,23)8-6-20/h1-4H,5-8H2,(H2,16,21)(H4,15,17,18,19). The van der Waals surface area contributed by atoms with E-state index in [9.17, 15) is 13.2 Å². The summed E-state index contributed by atoms with van der Waals surface area (Å²) in [4.78, 5) is 13.4. The van der Waals surface area contributed by atoms with Gasteiger partial charge in [0, 0.05) is 24.5 Å². The Bertz CT molecular complexity index is 845. The quantitative estimate of drug-likeness (QED) is 0.610. The van der Waals surface area contributed by atoms with Crippen molar-refractivity contribution in [3.63, 3.8) is 0 Å². The first-order chi connectivity index (χ1) is 11.4. The summed E-state index contributed by atoms with van der Waals surface area (Å²) in [5.74, 6) is 0.0334. The number of anilines is 4. The molecule has 0 saturated carbocycles. The van der Waals surface area contributed by atoms with Crippen molar-refractivity contribution in [1.82, 2.24) is 10.2 Å². The molecule has 0 atom stereocenters. The molecule has 24 heavy (non-hydrogen) atoms. The maximum Gasteiger partial charge on any atom is 0.256 e. The molecule has 1 aromatic carbocycles. The van der Waals surface area contributed by atoms with Crippen molar-refractivity contribution in [1.29, 1.82) is 0 Å². The van der Waals surface area contributed by atoms with E-state index >= 15 is 0 Å². The zero-order chi connectivity index (χ0) is 17.3. The van der Waals surface area contributed by atoms with Gasteiger partial charge in [-0.2, -0.15) is 5.10 Å². The number of nitrogens with zero attached hydrogens (tertiary/aromatic N) is 2. The van der Waals surface area contributed by atoms with Crippen LogP contribution in [0.25, 0.3) is 0 Å². The Morgan fingerprint density at radius 3 is 2.42 bits per heavy atom. The molecule has 2 aromatic rings. The van der Waals surface area contributed by atoms with Crippen LogP contribution in [-0.4, -0.2) is 49.1 Å². The Labute approximate surface area is 138 Å². The number of aromatic amines is 1. The summed E-state index contributed by atoms with van der Waals surface area (Å²) < 4.78 is 23.0. The van der Waals surface area contributed by atoms with E-state index in [-0.39, 0.29) is 28.7 Å². The molecule has 2 heterocycles. The lowest BCUT2D eigenvalue weighted by Crippen LogP contribution is -2.40. The number of nitrogens with two attached hydrogens (primary N) is 2. The minimum absolute atomic E-state index is 0.108. The van der Waals surface area contributed by atoms with Crippen molar-refractivity contribution in [2.45, 2.75) is 0 Å². The first-order valence-electron chi connectivity index (χ1n) is 7.32. The van der Waals surface area contributed by atoms with Crippen LogP contribution in [0.4, 0.5) is 23.0 Å². The molecule has 1 aromatic heterocycles. The van der Waals surface area contributed by atoms with Crippen LogP contribution >= 0.6 is 0 Å². The molecule has 1 aliphatic heterocycles. The fourth-order valence-electron chi connectivity index (χ4n) is 2.56. The maximum absolute atomic E-state index is 11.5. The van der Waals surface area contributed by atoms with Gasteiger partial charge in [-0.15, -0.1) is 0 Å². The largest absolute Gasteiger partial charge is 0.383 e.